The second-order valence-electron chi connectivity index (χ2n) is 4.61. The molecule has 94 valence electrons. The van der Waals surface area contributed by atoms with E-state index in [0.717, 1.165) is 5.69 Å². The fraction of sp³-hybridized carbons (Fsp3) is 0.417. The first-order valence-corrected chi connectivity index (χ1v) is 5.66. The Morgan fingerprint density at radius 2 is 2.12 bits per heavy atom. The van der Waals surface area contributed by atoms with Gasteiger partial charge in [-0.3, -0.25) is 5.41 Å². The molecule has 0 aliphatic rings. The summed E-state index contributed by atoms with van der Waals surface area (Å²) in [7, 11) is 1.88. The van der Waals surface area contributed by atoms with Crippen LogP contribution in [-0.4, -0.2) is 30.1 Å². The number of nitrogens with two attached hydrogens (primary N) is 1. The molecule has 0 aliphatic heterocycles. The van der Waals surface area contributed by atoms with Crippen LogP contribution in [-0.2, 0) is 0 Å². The third-order valence-corrected chi connectivity index (χ3v) is 3.24. The number of halogens is 1. The molecule has 4 N–H and O–H groups in total. The molecule has 0 fully saturated rings. The van der Waals surface area contributed by atoms with E-state index < -0.39 is 0 Å². The second-order valence-corrected chi connectivity index (χ2v) is 5.01. The molecule has 5 heteroatoms. The van der Waals surface area contributed by atoms with Crippen molar-refractivity contribution in [2.75, 3.05) is 18.6 Å². The Hall–Kier alpha value is -1.26. The van der Waals surface area contributed by atoms with Crippen LogP contribution in [0.3, 0.4) is 0 Å². The van der Waals surface area contributed by atoms with Crippen molar-refractivity contribution in [2.45, 2.75) is 19.4 Å². The fourth-order valence-electron chi connectivity index (χ4n) is 1.39. The van der Waals surface area contributed by atoms with Gasteiger partial charge in [0.1, 0.15) is 5.84 Å². The summed E-state index contributed by atoms with van der Waals surface area (Å²) in [6.07, 6.45) is 0. The Morgan fingerprint density at radius 3 is 2.53 bits per heavy atom. The van der Waals surface area contributed by atoms with Gasteiger partial charge in [-0.2, -0.15) is 0 Å². The maximum atomic E-state index is 9.31. The summed E-state index contributed by atoms with van der Waals surface area (Å²) in [5.74, 6) is -0.0504. The molecule has 17 heavy (non-hydrogen) atoms. The number of amidine groups is 1. The molecule has 1 aromatic rings. The Kier molecular flexibility index (Phi) is 4.01. The number of aliphatic hydroxyl groups is 1. The number of nitrogen functional groups attached to an aromatic ring is 1. The van der Waals surface area contributed by atoms with Gasteiger partial charge in [0.25, 0.3) is 0 Å². The lowest BCUT2D eigenvalue weighted by Crippen LogP contribution is -2.44. The first-order chi connectivity index (χ1) is 7.79. The van der Waals surface area contributed by atoms with E-state index in [1.54, 1.807) is 12.1 Å². The van der Waals surface area contributed by atoms with Gasteiger partial charge in [0, 0.05) is 18.3 Å². The average Bonchev–Trinajstić information content (AvgIpc) is 2.27. The summed E-state index contributed by atoms with van der Waals surface area (Å²) in [6.45, 7) is 3.90. The molecule has 0 heterocycles. The van der Waals surface area contributed by atoms with Crippen molar-refractivity contribution in [2.24, 2.45) is 5.73 Å². The smallest absolute Gasteiger partial charge is 0.124 e. The average molecular weight is 256 g/mol. The third kappa shape index (κ3) is 2.90. The summed E-state index contributed by atoms with van der Waals surface area (Å²) in [4.78, 5) is 1.93. The molecule has 0 aliphatic carbocycles. The molecular weight excluding hydrogens is 238 g/mol. The minimum atomic E-state index is -0.374. The number of hydrogen-bond acceptors (Lipinski definition) is 3. The van der Waals surface area contributed by atoms with Gasteiger partial charge in [-0.05, 0) is 32.0 Å². The van der Waals surface area contributed by atoms with Gasteiger partial charge in [0.15, 0.2) is 0 Å². The van der Waals surface area contributed by atoms with Crippen LogP contribution in [0.5, 0.6) is 0 Å². The molecule has 1 rings (SSSR count). The minimum Gasteiger partial charge on any atom is -0.394 e. The van der Waals surface area contributed by atoms with E-state index in [0.29, 0.717) is 10.6 Å². The highest BCUT2D eigenvalue weighted by molar-refractivity contribution is 6.34. The Bertz CT molecular complexity index is 432. The SMILES string of the molecule is CN(c1ccc(C(=N)N)c(Cl)c1)C(C)(C)CO. The zero-order valence-corrected chi connectivity index (χ0v) is 11.0. The van der Waals surface area contributed by atoms with Crippen molar-refractivity contribution >= 4 is 23.1 Å². The number of likely N-dealkylation sites (N-methyl/N-ethyl adjacent to an activating group) is 1. The van der Waals surface area contributed by atoms with E-state index in [2.05, 4.69) is 0 Å². The van der Waals surface area contributed by atoms with Gasteiger partial charge in [-0.25, -0.2) is 0 Å². The van der Waals surface area contributed by atoms with Crippen molar-refractivity contribution in [1.29, 1.82) is 5.41 Å². The van der Waals surface area contributed by atoms with Crippen molar-refractivity contribution in [3.8, 4) is 0 Å². The Labute approximate surface area is 107 Å². The molecule has 0 saturated heterocycles. The summed E-state index contributed by atoms with van der Waals surface area (Å²) < 4.78 is 0. The fourth-order valence-corrected chi connectivity index (χ4v) is 1.66. The molecule has 0 unspecified atom stereocenters. The monoisotopic (exact) mass is 255 g/mol. The van der Waals surface area contributed by atoms with E-state index in [1.165, 1.54) is 0 Å². The topological polar surface area (TPSA) is 73.3 Å². The zero-order valence-electron chi connectivity index (χ0n) is 10.3. The van der Waals surface area contributed by atoms with Crippen molar-refractivity contribution < 1.29 is 5.11 Å². The number of aliphatic hydroxyl groups excluding tert-OH is 1. The highest BCUT2D eigenvalue weighted by atomic mass is 35.5. The molecule has 0 atom stereocenters. The molecular formula is C12H18ClN3O. The largest absolute Gasteiger partial charge is 0.394 e. The minimum absolute atomic E-state index is 0.0373. The van der Waals surface area contributed by atoms with E-state index >= 15 is 0 Å². The van der Waals surface area contributed by atoms with Crippen LogP contribution in [0.4, 0.5) is 5.69 Å². The van der Waals surface area contributed by atoms with Gasteiger partial charge < -0.3 is 15.7 Å². The molecule has 0 amide bonds. The summed E-state index contributed by atoms with van der Waals surface area (Å²) in [5.41, 5.74) is 6.42. The molecule has 0 radical (unpaired) electrons. The molecule has 0 spiro atoms. The van der Waals surface area contributed by atoms with Crippen LogP contribution in [0.25, 0.3) is 0 Å². The highest BCUT2D eigenvalue weighted by Crippen LogP contribution is 2.27. The van der Waals surface area contributed by atoms with Gasteiger partial charge in [0.05, 0.1) is 17.2 Å². The Balaban J connectivity index is 3.10. The van der Waals surface area contributed by atoms with E-state index in [4.69, 9.17) is 22.7 Å². The van der Waals surface area contributed by atoms with E-state index in [-0.39, 0.29) is 18.0 Å². The number of anilines is 1. The maximum absolute atomic E-state index is 9.31. The standard InChI is InChI=1S/C12H18ClN3O/c1-12(2,7-17)16(3)8-4-5-9(11(14)15)10(13)6-8/h4-6,17H,7H2,1-3H3,(H3,14,15). The number of benzene rings is 1. The van der Waals surface area contributed by atoms with Gasteiger partial charge in [0.2, 0.25) is 0 Å². The highest BCUT2D eigenvalue weighted by Gasteiger charge is 2.23. The van der Waals surface area contributed by atoms with Crippen LogP contribution in [0.15, 0.2) is 18.2 Å². The number of nitrogens with zero attached hydrogens (tertiary/aromatic N) is 1. The van der Waals surface area contributed by atoms with Gasteiger partial charge in [-0.1, -0.05) is 11.6 Å². The molecule has 0 aromatic heterocycles. The lowest BCUT2D eigenvalue weighted by Gasteiger charge is -2.36. The van der Waals surface area contributed by atoms with Crippen molar-refractivity contribution in [3.05, 3.63) is 28.8 Å². The summed E-state index contributed by atoms with van der Waals surface area (Å²) >= 11 is 6.05. The maximum Gasteiger partial charge on any atom is 0.124 e. The lowest BCUT2D eigenvalue weighted by molar-refractivity contribution is 0.216. The van der Waals surface area contributed by atoms with Crippen LogP contribution < -0.4 is 10.6 Å². The summed E-state index contributed by atoms with van der Waals surface area (Å²) in [5, 5.41) is 17.1. The third-order valence-electron chi connectivity index (χ3n) is 2.93. The van der Waals surface area contributed by atoms with E-state index in [1.807, 2.05) is 31.9 Å². The predicted molar refractivity (Wildman–Crippen MR) is 72.0 cm³/mol. The van der Waals surface area contributed by atoms with Gasteiger partial charge in [-0.15, -0.1) is 0 Å². The van der Waals surface area contributed by atoms with E-state index in [9.17, 15) is 5.11 Å². The normalized spacial score (nSPS) is 11.4. The first kappa shape index (κ1) is 13.8. The zero-order chi connectivity index (χ0) is 13.2. The summed E-state index contributed by atoms with van der Waals surface area (Å²) in [6, 6.07) is 5.29. The number of hydrogen-bond donors (Lipinski definition) is 3. The first-order valence-electron chi connectivity index (χ1n) is 5.28. The quantitative estimate of drug-likeness (QED) is 0.568. The number of rotatable bonds is 4. The molecule has 4 nitrogen and oxygen atoms in total. The number of nitrogens with one attached hydrogen (secondary N) is 1. The van der Waals surface area contributed by atoms with Crippen LogP contribution in [0, 0.1) is 5.41 Å². The van der Waals surface area contributed by atoms with Crippen molar-refractivity contribution in [1.82, 2.24) is 0 Å². The van der Waals surface area contributed by atoms with Crippen LogP contribution in [0.1, 0.15) is 19.4 Å². The molecule has 1 aromatic carbocycles. The molecule has 0 saturated carbocycles. The van der Waals surface area contributed by atoms with Crippen LogP contribution >= 0.6 is 11.6 Å². The van der Waals surface area contributed by atoms with Crippen LogP contribution in [0.2, 0.25) is 5.02 Å². The lowest BCUT2D eigenvalue weighted by atomic mass is 10.0. The van der Waals surface area contributed by atoms with Crippen molar-refractivity contribution in [3.63, 3.8) is 0 Å². The van der Waals surface area contributed by atoms with Gasteiger partial charge >= 0.3 is 0 Å². The molecule has 0 bridgehead atoms. The Morgan fingerprint density at radius 1 is 1.53 bits per heavy atom. The predicted octanol–water partition coefficient (Wildman–Crippen LogP) is 1.83. The second kappa shape index (κ2) is 4.94.